The molecule has 108 valence electrons. The molecule has 5 nitrogen and oxygen atoms in total. The number of nitrogen functional groups attached to an aromatic ring is 1. The summed E-state index contributed by atoms with van der Waals surface area (Å²) in [7, 11) is 0. The van der Waals surface area contributed by atoms with Gasteiger partial charge < -0.3 is 15.7 Å². The summed E-state index contributed by atoms with van der Waals surface area (Å²) in [4.78, 5) is 21.8. The van der Waals surface area contributed by atoms with E-state index in [4.69, 9.17) is 5.73 Å². The lowest BCUT2D eigenvalue weighted by Crippen LogP contribution is -2.04. The Bertz CT molecular complexity index is 1080. The Labute approximate surface area is 125 Å². The second-order valence-electron chi connectivity index (χ2n) is 5.41. The number of nitrogens with zero attached hydrogens (tertiary/aromatic N) is 1. The van der Waals surface area contributed by atoms with Crippen LogP contribution in [0, 0.1) is 6.92 Å². The standard InChI is InChI=1S/C17H14N4O/c1-9-6-16(22)20-14-3-2-10(7-12(9)14)13-8-15(18)21-17-11(13)4-5-19-17/h2-8H,1H3,(H,20,22)(H3,18,19,21). The van der Waals surface area contributed by atoms with Gasteiger partial charge in [-0.25, -0.2) is 4.98 Å². The third kappa shape index (κ3) is 1.87. The molecular weight excluding hydrogens is 276 g/mol. The van der Waals surface area contributed by atoms with Gasteiger partial charge in [0.2, 0.25) is 5.56 Å². The number of rotatable bonds is 1. The van der Waals surface area contributed by atoms with Crippen LogP contribution in [0.2, 0.25) is 0 Å². The molecule has 1 aromatic carbocycles. The molecule has 4 N–H and O–H groups in total. The first kappa shape index (κ1) is 12.6. The van der Waals surface area contributed by atoms with E-state index in [1.54, 1.807) is 6.07 Å². The van der Waals surface area contributed by atoms with Crippen molar-refractivity contribution >= 4 is 27.8 Å². The molecule has 0 radical (unpaired) electrons. The molecule has 5 heteroatoms. The van der Waals surface area contributed by atoms with E-state index >= 15 is 0 Å². The number of pyridine rings is 2. The largest absolute Gasteiger partial charge is 0.384 e. The average molecular weight is 290 g/mol. The van der Waals surface area contributed by atoms with Gasteiger partial charge in [0.05, 0.1) is 0 Å². The molecule has 4 aromatic rings. The van der Waals surface area contributed by atoms with Crippen molar-refractivity contribution in [2.75, 3.05) is 5.73 Å². The zero-order valence-electron chi connectivity index (χ0n) is 12.0. The minimum Gasteiger partial charge on any atom is -0.384 e. The molecule has 3 heterocycles. The van der Waals surface area contributed by atoms with E-state index in [2.05, 4.69) is 21.0 Å². The van der Waals surface area contributed by atoms with Gasteiger partial charge in [0.25, 0.3) is 0 Å². The van der Waals surface area contributed by atoms with Crippen molar-refractivity contribution in [3.63, 3.8) is 0 Å². The van der Waals surface area contributed by atoms with E-state index in [9.17, 15) is 4.79 Å². The molecule has 0 saturated carbocycles. The van der Waals surface area contributed by atoms with Crippen LogP contribution in [-0.2, 0) is 0 Å². The van der Waals surface area contributed by atoms with Gasteiger partial charge in [0.15, 0.2) is 0 Å². The summed E-state index contributed by atoms with van der Waals surface area (Å²) in [5.41, 5.74) is 10.4. The molecule has 0 bridgehead atoms. The van der Waals surface area contributed by atoms with Crippen LogP contribution in [0.1, 0.15) is 5.56 Å². The molecule has 0 spiro atoms. The van der Waals surface area contributed by atoms with E-state index in [1.807, 2.05) is 37.4 Å². The highest BCUT2D eigenvalue weighted by Crippen LogP contribution is 2.31. The first-order valence-corrected chi connectivity index (χ1v) is 6.99. The Kier molecular flexibility index (Phi) is 2.56. The normalized spacial score (nSPS) is 11.3. The molecule has 3 aromatic heterocycles. The second kappa shape index (κ2) is 4.46. The lowest BCUT2D eigenvalue weighted by atomic mass is 10.00. The predicted molar refractivity (Wildman–Crippen MR) is 88.8 cm³/mol. The van der Waals surface area contributed by atoms with Gasteiger partial charge in [-0.1, -0.05) is 6.07 Å². The van der Waals surface area contributed by atoms with Crippen LogP contribution in [0.3, 0.4) is 0 Å². The zero-order valence-corrected chi connectivity index (χ0v) is 12.0. The first-order valence-electron chi connectivity index (χ1n) is 6.99. The van der Waals surface area contributed by atoms with Gasteiger partial charge in [-0.15, -0.1) is 0 Å². The van der Waals surface area contributed by atoms with Crippen molar-refractivity contribution in [3.05, 3.63) is 58.5 Å². The summed E-state index contributed by atoms with van der Waals surface area (Å²) in [5, 5.41) is 2.05. The maximum absolute atomic E-state index is 11.6. The maximum atomic E-state index is 11.6. The number of aromatic nitrogens is 3. The lowest BCUT2D eigenvalue weighted by Gasteiger charge is -2.08. The van der Waals surface area contributed by atoms with Gasteiger partial charge in [0.1, 0.15) is 11.5 Å². The molecule has 4 rings (SSSR count). The van der Waals surface area contributed by atoms with Gasteiger partial charge in [-0.05, 0) is 47.9 Å². The summed E-state index contributed by atoms with van der Waals surface area (Å²) in [6.07, 6.45) is 1.85. The smallest absolute Gasteiger partial charge is 0.248 e. The molecule has 0 aliphatic rings. The average Bonchev–Trinajstić information content (AvgIpc) is 2.94. The number of nitrogens with two attached hydrogens (primary N) is 1. The van der Waals surface area contributed by atoms with Crippen LogP contribution in [0.25, 0.3) is 33.1 Å². The molecule has 22 heavy (non-hydrogen) atoms. The topological polar surface area (TPSA) is 87.6 Å². The van der Waals surface area contributed by atoms with E-state index in [0.29, 0.717) is 5.82 Å². The zero-order chi connectivity index (χ0) is 15.3. The Morgan fingerprint density at radius 1 is 1.09 bits per heavy atom. The van der Waals surface area contributed by atoms with Crippen LogP contribution in [0.5, 0.6) is 0 Å². The predicted octanol–water partition coefficient (Wildman–Crippen LogP) is 2.96. The van der Waals surface area contributed by atoms with Crippen LogP contribution in [0.4, 0.5) is 5.82 Å². The molecule has 0 fully saturated rings. The third-order valence-corrected chi connectivity index (χ3v) is 3.91. The third-order valence-electron chi connectivity index (χ3n) is 3.91. The molecule has 0 atom stereocenters. The number of benzene rings is 1. The van der Waals surface area contributed by atoms with Crippen molar-refractivity contribution < 1.29 is 0 Å². The lowest BCUT2D eigenvalue weighted by molar-refractivity contribution is 1.28. The number of aromatic amines is 2. The minimum atomic E-state index is -0.0843. The Hall–Kier alpha value is -3.08. The van der Waals surface area contributed by atoms with Crippen molar-refractivity contribution in [1.82, 2.24) is 15.0 Å². The molecule has 0 amide bonds. The van der Waals surface area contributed by atoms with Crippen LogP contribution in [0.15, 0.2) is 47.4 Å². The van der Waals surface area contributed by atoms with Crippen molar-refractivity contribution in [1.29, 1.82) is 0 Å². The Morgan fingerprint density at radius 2 is 1.95 bits per heavy atom. The Morgan fingerprint density at radius 3 is 2.82 bits per heavy atom. The number of H-pyrrole nitrogens is 2. The number of fused-ring (bicyclic) bond motifs is 2. The SMILES string of the molecule is Cc1cc(=O)[nH]c2ccc(-c3cc(N)nc4[nH]ccc34)cc12. The van der Waals surface area contributed by atoms with Crippen LogP contribution < -0.4 is 11.3 Å². The van der Waals surface area contributed by atoms with Gasteiger partial charge in [-0.2, -0.15) is 0 Å². The quantitative estimate of drug-likeness (QED) is 0.503. The number of aryl methyl sites for hydroxylation is 1. The van der Waals surface area contributed by atoms with Gasteiger partial charge in [-0.3, -0.25) is 4.79 Å². The minimum absolute atomic E-state index is 0.0843. The van der Waals surface area contributed by atoms with Crippen molar-refractivity contribution in [2.24, 2.45) is 0 Å². The molecule has 0 saturated heterocycles. The summed E-state index contributed by atoms with van der Waals surface area (Å²) < 4.78 is 0. The second-order valence-corrected chi connectivity index (χ2v) is 5.41. The number of anilines is 1. The first-order chi connectivity index (χ1) is 10.6. The van der Waals surface area contributed by atoms with E-state index in [0.717, 1.165) is 38.6 Å². The van der Waals surface area contributed by atoms with Gasteiger partial charge in [0, 0.05) is 28.6 Å². The van der Waals surface area contributed by atoms with Crippen molar-refractivity contribution in [2.45, 2.75) is 6.92 Å². The van der Waals surface area contributed by atoms with Crippen LogP contribution >= 0.6 is 0 Å². The Balaban J connectivity index is 2.04. The summed E-state index contributed by atoms with van der Waals surface area (Å²) >= 11 is 0. The number of hydrogen-bond donors (Lipinski definition) is 3. The summed E-state index contributed by atoms with van der Waals surface area (Å²) in [5.74, 6) is 0.475. The summed E-state index contributed by atoms with van der Waals surface area (Å²) in [6.45, 7) is 1.94. The van der Waals surface area contributed by atoms with Gasteiger partial charge >= 0.3 is 0 Å². The molecule has 0 aliphatic heterocycles. The number of nitrogens with one attached hydrogen (secondary N) is 2. The fraction of sp³-hybridized carbons (Fsp3) is 0.0588. The maximum Gasteiger partial charge on any atom is 0.248 e. The highest BCUT2D eigenvalue weighted by molar-refractivity contribution is 5.97. The fourth-order valence-corrected chi connectivity index (χ4v) is 2.89. The molecule has 0 unspecified atom stereocenters. The fourth-order valence-electron chi connectivity index (χ4n) is 2.89. The van der Waals surface area contributed by atoms with E-state index in [1.165, 1.54) is 0 Å². The highest BCUT2D eigenvalue weighted by Gasteiger charge is 2.09. The monoisotopic (exact) mass is 290 g/mol. The molecular formula is C17H14N4O. The van der Waals surface area contributed by atoms with E-state index < -0.39 is 0 Å². The van der Waals surface area contributed by atoms with Crippen molar-refractivity contribution in [3.8, 4) is 11.1 Å². The summed E-state index contributed by atoms with van der Waals surface area (Å²) in [6, 6.07) is 11.5. The highest BCUT2D eigenvalue weighted by atomic mass is 16.1. The molecule has 0 aliphatic carbocycles. The van der Waals surface area contributed by atoms with E-state index in [-0.39, 0.29) is 5.56 Å². The van der Waals surface area contributed by atoms with Crippen LogP contribution in [-0.4, -0.2) is 15.0 Å². The number of hydrogen-bond acceptors (Lipinski definition) is 3.